The van der Waals surface area contributed by atoms with Crippen molar-refractivity contribution in [2.75, 3.05) is 26.1 Å². The van der Waals surface area contributed by atoms with Gasteiger partial charge < -0.3 is 24.3 Å². The molecular weight excluding hydrogens is 383 g/mol. The number of benzene rings is 2. The maximum atomic E-state index is 12.2. The van der Waals surface area contributed by atoms with Gasteiger partial charge in [0.25, 0.3) is 5.91 Å². The summed E-state index contributed by atoms with van der Waals surface area (Å²) in [6, 6.07) is 9.10. The Morgan fingerprint density at radius 2 is 1.68 bits per heavy atom. The molecule has 0 fully saturated rings. The minimum atomic E-state index is -4.81. The molecule has 7 nitrogen and oxygen atoms in total. The van der Waals surface area contributed by atoms with Crippen molar-refractivity contribution in [3.8, 4) is 17.2 Å². The van der Waals surface area contributed by atoms with E-state index in [1.165, 1.54) is 32.4 Å². The van der Waals surface area contributed by atoms with Gasteiger partial charge in [0.2, 0.25) is 0 Å². The van der Waals surface area contributed by atoms with Crippen LogP contribution in [0.15, 0.2) is 42.5 Å². The van der Waals surface area contributed by atoms with Crippen molar-refractivity contribution in [2.45, 2.75) is 6.36 Å². The highest BCUT2D eigenvalue weighted by atomic mass is 19.4. The van der Waals surface area contributed by atoms with Crippen LogP contribution in [-0.2, 0) is 9.53 Å². The number of nitrogens with one attached hydrogen (secondary N) is 1. The predicted octanol–water partition coefficient (Wildman–Crippen LogP) is 3.40. The van der Waals surface area contributed by atoms with E-state index in [1.54, 1.807) is 12.1 Å². The SMILES string of the molecule is COc1cccc(C(=O)OCC(=O)Nc2ccc(OC(F)(F)F)cc2)c1OC. The first kappa shape index (κ1) is 20.9. The molecule has 0 spiro atoms. The quantitative estimate of drug-likeness (QED) is 0.719. The Balaban J connectivity index is 1.93. The maximum absolute atomic E-state index is 12.2. The molecule has 0 bridgehead atoms. The Morgan fingerprint density at radius 1 is 1.00 bits per heavy atom. The van der Waals surface area contributed by atoms with Gasteiger partial charge in [0.1, 0.15) is 11.3 Å². The molecule has 0 aliphatic rings. The number of para-hydroxylation sites is 1. The van der Waals surface area contributed by atoms with Crippen LogP contribution in [-0.4, -0.2) is 39.1 Å². The molecule has 2 aromatic carbocycles. The first-order chi connectivity index (χ1) is 13.2. The molecule has 1 amide bonds. The number of hydrogen-bond donors (Lipinski definition) is 1. The lowest BCUT2D eigenvalue weighted by molar-refractivity contribution is -0.274. The molecule has 0 radical (unpaired) electrons. The summed E-state index contributed by atoms with van der Waals surface area (Å²) in [4.78, 5) is 24.1. The molecule has 0 aliphatic heterocycles. The Morgan fingerprint density at radius 3 is 2.25 bits per heavy atom. The third-order valence-electron chi connectivity index (χ3n) is 3.33. The van der Waals surface area contributed by atoms with Crippen molar-refractivity contribution < 1.29 is 41.7 Å². The number of rotatable bonds is 7. The van der Waals surface area contributed by atoms with Crippen molar-refractivity contribution in [1.29, 1.82) is 0 Å². The van der Waals surface area contributed by atoms with E-state index in [0.29, 0.717) is 5.75 Å². The lowest BCUT2D eigenvalue weighted by atomic mass is 10.2. The van der Waals surface area contributed by atoms with Gasteiger partial charge in [-0.25, -0.2) is 4.79 Å². The highest BCUT2D eigenvalue weighted by molar-refractivity contribution is 5.97. The Bertz CT molecular complexity index is 836. The summed E-state index contributed by atoms with van der Waals surface area (Å²) in [6.07, 6.45) is -4.81. The van der Waals surface area contributed by atoms with Gasteiger partial charge in [-0.1, -0.05) is 6.07 Å². The monoisotopic (exact) mass is 399 g/mol. The molecule has 10 heteroatoms. The van der Waals surface area contributed by atoms with Crippen molar-refractivity contribution in [2.24, 2.45) is 0 Å². The van der Waals surface area contributed by atoms with E-state index in [0.717, 1.165) is 12.1 Å². The fourth-order valence-corrected chi connectivity index (χ4v) is 2.19. The van der Waals surface area contributed by atoms with Crippen LogP contribution >= 0.6 is 0 Å². The molecule has 0 saturated heterocycles. The number of esters is 1. The standard InChI is InChI=1S/C18H16F3NO6/c1-25-14-5-3-4-13(16(14)26-2)17(24)27-10-15(23)22-11-6-8-12(9-7-11)28-18(19,20)21/h3-9H,10H2,1-2H3,(H,22,23). The van der Waals surface area contributed by atoms with Gasteiger partial charge in [0, 0.05) is 5.69 Å². The van der Waals surface area contributed by atoms with Gasteiger partial charge in [-0.2, -0.15) is 0 Å². The summed E-state index contributed by atoms with van der Waals surface area (Å²) in [5, 5.41) is 2.38. The number of halogens is 3. The number of amides is 1. The van der Waals surface area contributed by atoms with E-state index in [1.807, 2.05) is 0 Å². The lowest BCUT2D eigenvalue weighted by Gasteiger charge is -2.12. The van der Waals surface area contributed by atoms with Crippen LogP contribution in [0.2, 0.25) is 0 Å². The van der Waals surface area contributed by atoms with Crippen molar-refractivity contribution in [3.63, 3.8) is 0 Å². The first-order valence-corrected chi connectivity index (χ1v) is 7.77. The number of hydrogen-bond acceptors (Lipinski definition) is 6. The average molecular weight is 399 g/mol. The zero-order chi connectivity index (χ0) is 20.7. The fourth-order valence-electron chi connectivity index (χ4n) is 2.19. The van der Waals surface area contributed by atoms with Gasteiger partial charge in [0.15, 0.2) is 18.1 Å². The largest absolute Gasteiger partial charge is 0.573 e. The molecular formula is C18H16F3NO6. The Labute approximate surface area is 158 Å². The normalized spacial score (nSPS) is 10.8. The van der Waals surface area contributed by atoms with Crippen LogP contribution in [0.3, 0.4) is 0 Å². The van der Waals surface area contributed by atoms with Crippen molar-refractivity contribution in [1.82, 2.24) is 0 Å². The molecule has 0 saturated carbocycles. The van der Waals surface area contributed by atoms with E-state index in [2.05, 4.69) is 10.1 Å². The van der Waals surface area contributed by atoms with Crippen LogP contribution < -0.4 is 19.5 Å². The van der Waals surface area contributed by atoms with Crippen LogP contribution in [0.4, 0.5) is 18.9 Å². The third-order valence-corrected chi connectivity index (χ3v) is 3.33. The van der Waals surface area contributed by atoms with Crippen molar-refractivity contribution in [3.05, 3.63) is 48.0 Å². The smallest absolute Gasteiger partial charge is 0.493 e. The lowest BCUT2D eigenvalue weighted by Crippen LogP contribution is -2.21. The number of anilines is 1. The molecule has 0 aliphatic carbocycles. The number of carbonyl (C=O) groups excluding carboxylic acids is 2. The summed E-state index contributed by atoms with van der Waals surface area (Å²) in [5.41, 5.74) is 0.276. The molecule has 0 heterocycles. The highest BCUT2D eigenvalue weighted by Gasteiger charge is 2.31. The molecule has 0 aromatic heterocycles. The molecule has 1 N–H and O–H groups in total. The van der Waals surface area contributed by atoms with E-state index < -0.39 is 30.6 Å². The summed E-state index contributed by atoms with van der Waals surface area (Å²) in [6.45, 7) is -0.611. The minimum Gasteiger partial charge on any atom is -0.493 e. The predicted molar refractivity (Wildman–Crippen MR) is 91.6 cm³/mol. The third kappa shape index (κ3) is 5.79. The number of carbonyl (C=O) groups is 2. The topological polar surface area (TPSA) is 83.1 Å². The molecule has 28 heavy (non-hydrogen) atoms. The highest BCUT2D eigenvalue weighted by Crippen LogP contribution is 2.31. The van der Waals surface area contributed by atoms with Crippen LogP contribution in [0.1, 0.15) is 10.4 Å². The zero-order valence-corrected chi connectivity index (χ0v) is 14.8. The second kappa shape index (κ2) is 8.98. The fraction of sp³-hybridized carbons (Fsp3) is 0.222. The first-order valence-electron chi connectivity index (χ1n) is 7.77. The maximum Gasteiger partial charge on any atom is 0.573 e. The van der Waals surface area contributed by atoms with Gasteiger partial charge in [-0.05, 0) is 36.4 Å². The molecule has 0 atom stereocenters. The van der Waals surface area contributed by atoms with Gasteiger partial charge >= 0.3 is 12.3 Å². The minimum absolute atomic E-state index is 0.0725. The Hall–Kier alpha value is -3.43. The Kier molecular flexibility index (Phi) is 6.69. The van der Waals surface area contributed by atoms with E-state index in [4.69, 9.17) is 14.2 Å². The summed E-state index contributed by atoms with van der Waals surface area (Å²) in [5.74, 6) is -1.43. The average Bonchev–Trinajstić information content (AvgIpc) is 2.65. The van der Waals surface area contributed by atoms with Crippen LogP contribution in [0, 0.1) is 0 Å². The van der Waals surface area contributed by atoms with Crippen molar-refractivity contribution >= 4 is 17.6 Å². The second-order valence-corrected chi connectivity index (χ2v) is 5.24. The molecule has 2 aromatic rings. The number of methoxy groups -OCH3 is 2. The van der Waals surface area contributed by atoms with Crippen LogP contribution in [0.25, 0.3) is 0 Å². The van der Waals surface area contributed by atoms with E-state index >= 15 is 0 Å². The van der Waals surface area contributed by atoms with Gasteiger partial charge in [-0.3, -0.25) is 4.79 Å². The zero-order valence-electron chi connectivity index (χ0n) is 14.8. The summed E-state index contributed by atoms with van der Waals surface area (Å²) >= 11 is 0. The van der Waals surface area contributed by atoms with Gasteiger partial charge in [0.05, 0.1) is 14.2 Å². The number of alkyl halides is 3. The summed E-state index contributed by atoms with van der Waals surface area (Å²) in [7, 11) is 2.76. The molecule has 2 rings (SSSR count). The molecule has 0 unspecified atom stereocenters. The molecule has 150 valence electrons. The van der Waals surface area contributed by atoms with E-state index in [9.17, 15) is 22.8 Å². The van der Waals surface area contributed by atoms with Crippen LogP contribution in [0.5, 0.6) is 17.2 Å². The number of ether oxygens (including phenoxy) is 4. The second-order valence-electron chi connectivity index (χ2n) is 5.24. The summed E-state index contributed by atoms with van der Waals surface area (Å²) < 4.78 is 55.2. The van der Waals surface area contributed by atoms with Gasteiger partial charge in [-0.15, -0.1) is 13.2 Å². The van der Waals surface area contributed by atoms with E-state index in [-0.39, 0.29) is 17.0 Å².